The Morgan fingerprint density at radius 3 is 2.46 bits per heavy atom. The van der Waals surface area contributed by atoms with Crippen molar-refractivity contribution in [1.82, 2.24) is 0 Å². The molecule has 0 aliphatic carbocycles. The maximum Gasteiger partial charge on any atom is 0.225 e. The average molecular weight is 179 g/mol. The first-order chi connectivity index (χ1) is 6.25. The van der Waals surface area contributed by atoms with Crippen LogP contribution in [-0.4, -0.2) is 17.6 Å². The highest BCUT2D eigenvalue weighted by atomic mass is 16.3. The molecule has 0 saturated heterocycles. The second-order valence-corrected chi connectivity index (χ2v) is 2.88. The van der Waals surface area contributed by atoms with Crippen LogP contribution in [0.25, 0.3) is 0 Å². The summed E-state index contributed by atoms with van der Waals surface area (Å²) in [5, 5.41) is 8.74. The van der Waals surface area contributed by atoms with Crippen LogP contribution in [0.2, 0.25) is 0 Å². The van der Waals surface area contributed by atoms with E-state index in [0.717, 1.165) is 5.56 Å². The zero-order valence-corrected chi connectivity index (χ0v) is 7.31. The third-order valence-electron chi connectivity index (χ3n) is 1.96. The summed E-state index contributed by atoms with van der Waals surface area (Å²) >= 11 is 0. The van der Waals surface area contributed by atoms with Crippen molar-refractivity contribution in [2.24, 2.45) is 5.73 Å². The molecule has 0 unspecified atom stereocenters. The molecule has 1 aromatic rings. The Morgan fingerprint density at radius 2 is 2.00 bits per heavy atom. The molecule has 0 fully saturated rings. The topological polar surface area (TPSA) is 63.3 Å². The lowest BCUT2D eigenvalue weighted by Gasteiger charge is -2.11. The third-order valence-corrected chi connectivity index (χ3v) is 1.96. The molecule has 0 aliphatic heterocycles. The van der Waals surface area contributed by atoms with E-state index in [9.17, 15) is 4.79 Å². The van der Waals surface area contributed by atoms with E-state index in [1.165, 1.54) is 0 Å². The van der Waals surface area contributed by atoms with Crippen molar-refractivity contribution in [3.8, 4) is 0 Å². The lowest BCUT2D eigenvalue weighted by molar-refractivity contribution is -0.119. The van der Waals surface area contributed by atoms with E-state index in [2.05, 4.69) is 0 Å². The van der Waals surface area contributed by atoms with Gasteiger partial charge < -0.3 is 10.8 Å². The normalized spacial score (nSPS) is 12.4. The van der Waals surface area contributed by atoms with E-state index in [1.54, 1.807) is 0 Å². The predicted octanol–water partition coefficient (Wildman–Crippen LogP) is 0.638. The van der Waals surface area contributed by atoms with Gasteiger partial charge in [-0.15, -0.1) is 0 Å². The van der Waals surface area contributed by atoms with E-state index in [1.807, 2.05) is 30.3 Å². The van der Waals surface area contributed by atoms with Crippen LogP contribution in [0, 0.1) is 0 Å². The van der Waals surface area contributed by atoms with Crippen molar-refractivity contribution >= 4 is 5.91 Å². The molecule has 1 amide bonds. The Labute approximate surface area is 77.2 Å². The number of nitrogens with two attached hydrogens (primary N) is 1. The van der Waals surface area contributed by atoms with Crippen LogP contribution in [0.15, 0.2) is 30.3 Å². The highest BCUT2D eigenvalue weighted by Crippen LogP contribution is 2.17. The van der Waals surface area contributed by atoms with Gasteiger partial charge in [0.05, 0.1) is 5.92 Å². The first kappa shape index (κ1) is 9.74. The van der Waals surface area contributed by atoms with Crippen molar-refractivity contribution in [2.45, 2.75) is 12.3 Å². The van der Waals surface area contributed by atoms with Gasteiger partial charge in [0.25, 0.3) is 0 Å². The molecule has 1 aromatic carbocycles. The minimum absolute atomic E-state index is 0.0253. The maximum absolute atomic E-state index is 11.0. The lowest BCUT2D eigenvalue weighted by Crippen LogP contribution is -2.22. The van der Waals surface area contributed by atoms with Gasteiger partial charge in [-0.3, -0.25) is 4.79 Å². The lowest BCUT2D eigenvalue weighted by atomic mass is 9.96. The van der Waals surface area contributed by atoms with Gasteiger partial charge in [-0.2, -0.15) is 0 Å². The molecule has 0 aromatic heterocycles. The van der Waals surface area contributed by atoms with Gasteiger partial charge in [0.15, 0.2) is 0 Å². The zero-order chi connectivity index (χ0) is 9.68. The number of hydrogen-bond donors (Lipinski definition) is 2. The van der Waals surface area contributed by atoms with E-state index in [0.29, 0.717) is 6.42 Å². The molecule has 0 bridgehead atoms. The fourth-order valence-electron chi connectivity index (χ4n) is 1.29. The average Bonchev–Trinajstić information content (AvgIpc) is 2.15. The van der Waals surface area contributed by atoms with E-state index in [4.69, 9.17) is 10.8 Å². The number of amides is 1. The molecule has 1 atom stereocenters. The summed E-state index contributed by atoms with van der Waals surface area (Å²) in [7, 11) is 0. The monoisotopic (exact) mass is 179 g/mol. The van der Waals surface area contributed by atoms with Crippen molar-refractivity contribution in [2.75, 3.05) is 6.61 Å². The molecule has 0 heterocycles. The summed E-state index contributed by atoms with van der Waals surface area (Å²) in [6.45, 7) is -0.0253. The molecule has 0 radical (unpaired) electrons. The van der Waals surface area contributed by atoms with Crippen molar-refractivity contribution in [3.63, 3.8) is 0 Å². The molecular formula is C10H13NO2. The summed E-state index contributed by atoms with van der Waals surface area (Å²) in [4.78, 5) is 11.0. The number of aliphatic hydroxyl groups excluding tert-OH is 1. The number of hydrogen-bond acceptors (Lipinski definition) is 2. The highest BCUT2D eigenvalue weighted by Gasteiger charge is 2.15. The van der Waals surface area contributed by atoms with E-state index in [-0.39, 0.29) is 18.4 Å². The van der Waals surface area contributed by atoms with Crippen molar-refractivity contribution < 1.29 is 9.90 Å². The standard InChI is InChI=1S/C10H13NO2/c11-10(13)9(6-7-12)8-4-2-1-3-5-8/h1-5,9,12H,6-7H2,(H2,11,13)/t9-/m1/s1. The third kappa shape index (κ3) is 2.56. The maximum atomic E-state index is 11.0. The minimum atomic E-state index is -0.389. The quantitative estimate of drug-likeness (QED) is 0.712. The number of primary amides is 1. The first-order valence-corrected chi connectivity index (χ1v) is 4.21. The van der Waals surface area contributed by atoms with Gasteiger partial charge in [0.1, 0.15) is 0 Å². The molecule has 1 rings (SSSR count). The number of rotatable bonds is 4. The molecular weight excluding hydrogens is 166 g/mol. The Bertz CT molecular complexity index is 272. The van der Waals surface area contributed by atoms with Crippen molar-refractivity contribution in [1.29, 1.82) is 0 Å². The predicted molar refractivity (Wildman–Crippen MR) is 50.1 cm³/mol. The van der Waals surface area contributed by atoms with Gasteiger partial charge in [0.2, 0.25) is 5.91 Å². The smallest absolute Gasteiger partial charge is 0.225 e. The fraction of sp³-hybridized carbons (Fsp3) is 0.300. The Hall–Kier alpha value is -1.35. The SMILES string of the molecule is NC(=O)[C@H](CCO)c1ccccc1. The summed E-state index contributed by atoms with van der Waals surface area (Å²) in [5.41, 5.74) is 6.07. The molecule has 3 heteroatoms. The van der Waals surface area contributed by atoms with Gasteiger partial charge in [-0.05, 0) is 12.0 Å². The molecule has 3 nitrogen and oxygen atoms in total. The van der Waals surface area contributed by atoms with Gasteiger partial charge in [-0.1, -0.05) is 30.3 Å². The second-order valence-electron chi connectivity index (χ2n) is 2.88. The van der Waals surface area contributed by atoms with Crippen LogP contribution in [0.1, 0.15) is 17.9 Å². The summed E-state index contributed by atoms with van der Waals surface area (Å²) in [6.07, 6.45) is 0.388. The Balaban J connectivity index is 2.82. The number of carbonyl (C=O) groups is 1. The minimum Gasteiger partial charge on any atom is -0.396 e. The van der Waals surface area contributed by atoms with Crippen LogP contribution in [-0.2, 0) is 4.79 Å². The van der Waals surface area contributed by atoms with Gasteiger partial charge >= 0.3 is 0 Å². The molecule has 13 heavy (non-hydrogen) atoms. The summed E-state index contributed by atoms with van der Waals surface area (Å²) in [6, 6.07) is 9.25. The molecule has 3 N–H and O–H groups in total. The molecule has 0 spiro atoms. The van der Waals surface area contributed by atoms with Gasteiger partial charge in [-0.25, -0.2) is 0 Å². The summed E-state index contributed by atoms with van der Waals surface area (Å²) in [5.74, 6) is -0.758. The van der Waals surface area contributed by atoms with Crippen LogP contribution in [0.3, 0.4) is 0 Å². The van der Waals surface area contributed by atoms with Gasteiger partial charge in [0, 0.05) is 6.61 Å². The molecule has 0 aliphatic rings. The molecule has 0 saturated carbocycles. The second kappa shape index (κ2) is 4.62. The first-order valence-electron chi connectivity index (χ1n) is 4.21. The fourth-order valence-corrected chi connectivity index (χ4v) is 1.29. The van der Waals surface area contributed by atoms with E-state index >= 15 is 0 Å². The van der Waals surface area contributed by atoms with E-state index < -0.39 is 0 Å². The Morgan fingerprint density at radius 1 is 1.38 bits per heavy atom. The van der Waals surface area contributed by atoms with Crippen LogP contribution < -0.4 is 5.73 Å². The number of carbonyl (C=O) groups excluding carboxylic acids is 1. The van der Waals surface area contributed by atoms with Crippen LogP contribution in [0.5, 0.6) is 0 Å². The number of benzene rings is 1. The van der Waals surface area contributed by atoms with Crippen LogP contribution in [0.4, 0.5) is 0 Å². The number of aliphatic hydroxyl groups is 1. The molecule has 70 valence electrons. The largest absolute Gasteiger partial charge is 0.396 e. The van der Waals surface area contributed by atoms with Crippen molar-refractivity contribution in [3.05, 3.63) is 35.9 Å². The van der Waals surface area contributed by atoms with Crippen LogP contribution >= 0.6 is 0 Å². The highest BCUT2D eigenvalue weighted by molar-refractivity contribution is 5.81. The summed E-state index contributed by atoms with van der Waals surface area (Å²) < 4.78 is 0. The Kier molecular flexibility index (Phi) is 3.46. The zero-order valence-electron chi connectivity index (χ0n) is 7.31.